The summed E-state index contributed by atoms with van der Waals surface area (Å²) in [6.07, 6.45) is 3.15. The summed E-state index contributed by atoms with van der Waals surface area (Å²) in [5.41, 5.74) is 1.63. The van der Waals surface area contributed by atoms with Crippen LogP contribution in [0.1, 0.15) is 11.3 Å². The standard InChI is InChI=1S/C9H4N4/c10-2-6-4-13-9-5-12-7(3-11)1-8(6)9/h1,4-5,13H. The summed E-state index contributed by atoms with van der Waals surface area (Å²) in [4.78, 5) is 6.77. The molecule has 0 saturated heterocycles. The van der Waals surface area contributed by atoms with Gasteiger partial charge in [0.1, 0.15) is 17.8 Å². The van der Waals surface area contributed by atoms with E-state index in [4.69, 9.17) is 10.5 Å². The highest BCUT2D eigenvalue weighted by atomic mass is 14.7. The third-order valence-electron chi connectivity index (χ3n) is 1.80. The van der Waals surface area contributed by atoms with Gasteiger partial charge in [-0.3, -0.25) is 0 Å². The molecule has 0 bridgehead atoms. The summed E-state index contributed by atoms with van der Waals surface area (Å²) in [7, 11) is 0. The Hall–Kier alpha value is -2.33. The van der Waals surface area contributed by atoms with Crippen LogP contribution in [0.25, 0.3) is 10.9 Å². The van der Waals surface area contributed by atoms with E-state index >= 15 is 0 Å². The number of rotatable bonds is 0. The minimum atomic E-state index is 0.323. The lowest BCUT2D eigenvalue weighted by molar-refractivity contribution is 1.28. The van der Waals surface area contributed by atoms with Crippen LogP contribution in [0.3, 0.4) is 0 Å². The normalized spacial score (nSPS) is 9.38. The zero-order valence-electron chi connectivity index (χ0n) is 6.57. The first-order valence-corrected chi connectivity index (χ1v) is 3.62. The molecular formula is C9H4N4. The second kappa shape index (κ2) is 2.62. The lowest BCUT2D eigenvalue weighted by atomic mass is 10.2. The van der Waals surface area contributed by atoms with Gasteiger partial charge in [-0.2, -0.15) is 10.5 Å². The fourth-order valence-corrected chi connectivity index (χ4v) is 1.17. The van der Waals surface area contributed by atoms with E-state index in [0.29, 0.717) is 11.3 Å². The number of aromatic amines is 1. The lowest BCUT2D eigenvalue weighted by Gasteiger charge is -1.89. The summed E-state index contributed by atoms with van der Waals surface area (Å²) in [6.45, 7) is 0. The SMILES string of the molecule is N#Cc1cc2c(C#N)c[nH]c2cn1. The van der Waals surface area contributed by atoms with Crippen LogP contribution in [0.2, 0.25) is 0 Å². The molecule has 0 fully saturated rings. The van der Waals surface area contributed by atoms with Crippen LogP contribution < -0.4 is 0 Å². The monoisotopic (exact) mass is 168 g/mol. The van der Waals surface area contributed by atoms with Crippen LogP contribution in [0.5, 0.6) is 0 Å². The fourth-order valence-electron chi connectivity index (χ4n) is 1.17. The molecule has 2 rings (SSSR count). The maximum absolute atomic E-state index is 8.71. The topological polar surface area (TPSA) is 76.3 Å². The minimum Gasteiger partial charge on any atom is -0.359 e. The number of H-pyrrole nitrogens is 1. The summed E-state index contributed by atoms with van der Waals surface area (Å²) >= 11 is 0. The van der Waals surface area contributed by atoms with Gasteiger partial charge in [0, 0.05) is 11.6 Å². The van der Waals surface area contributed by atoms with E-state index in [1.54, 1.807) is 18.5 Å². The van der Waals surface area contributed by atoms with Crippen LogP contribution in [-0.4, -0.2) is 9.97 Å². The van der Waals surface area contributed by atoms with Crippen LogP contribution >= 0.6 is 0 Å². The summed E-state index contributed by atoms with van der Waals surface area (Å²) < 4.78 is 0. The van der Waals surface area contributed by atoms with E-state index in [0.717, 1.165) is 10.9 Å². The number of nitrogens with zero attached hydrogens (tertiary/aromatic N) is 3. The molecular weight excluding hydrogens is 164 g/mol. The zero-order chi connectivity index (χ0) is 9.26. The zero-order valence-corrected chi connectivity index (χ0v) is 6.57. The molecule has 0 unspecified atom stereocenters. The highest BCUT2D eigenvalue weighted by Crippen LogP contribution is 2.16. The molecule has 0 aliphatic heterocycles. The molecule has 0 saturated carbocycles. The van der Waals surface area contributed by atoms with Crippen LogP contribution in [0.15, 0.2) is 18.5 Å². The predicted octanol–water partition coefficient (Wildman–Crippen LogP) is 1.31. The third-order valence-corrected chi connectivity index (χ3v) is 1.80. The van der Waals surface area contributed by atoms with Crippen molar-refractivity contribution in [3.8, 4) is 12.1 Å². The molecule has 1 N–H and O–H groups in total. The highest BCUT2D eigenvalue weighted by Gasteiger charge is 2.03. The van der Waals surface area contributed by atoms with Crippen molar-refractivity contribution in [2.45, 2.75) is 0 Å². The molecule has 2 aromatic heterocycles. The smallest absolute Gasteiger partial charge is 0.141 e. The molecule has 0 spiro atoms. The van der Waals surface area contributed by atoms with Crippen molar-refractivity contribution >= 4 is 10.9 Å². The predicted molar refractivity (Wildman–Crippen MR) is 45.5 cm³/mol. The molecule has 13 heavy (non-hydrogen) atoms. The van der Waals surface area contributed by atoms with Crippen LogP contribution in [0.4, 0.5) is 0 Å². The number of hydrogen-bond donors (Lipinski definition) is 1. The van der Waals surface area contributed by atoms with E-state index in [9.17, 15) is 0 Å². The van der Waals surface area contributed by atoms with E-state index in [1.807, 2.05) is 12.1 Å². The average molecular weight is 168 g/mol. The number of hydrogen-bond acceptors (Lipinski definition) is 3. The molecule has 0 aliphatic carbocycles. The van der Waals surface area contributed by atoms with Crippen molar-refractivity contribution in [3.05, 3.63) is 29.7 Å². The highest BCUT2D eigenvalue weighted by molar-refractivity contribution is 5.85. The van der Waals surface area contributed by atoms with Gasteiger partial charge in [0.2, 0.25) is 0 Å². The van der Waals surface area contributed by atoms with E-state index in [1.165, 1.54) is 0 Å². The van der Waals surface area contributed by atoms with Gasteiger partial charge in [0.25, 0.3) is 0 Å². The first-order valence-electron chi connectivity index (χ1n) is 3.62. The van der Waals surface area contributed by atoms with Crippen molar-refractivity contribution in [1.29, 1.82) is 10.5 Å². The second-order valence-electron chi connectivity index (χ2n) is 2.54. The van der Waals surface area contributed by atoms with Gasteiger partial charge in [-0.25, -0.2) is 4.98 Å². The number of nitriles is 2. The second-order valence-corrected chi connectivity index (χ2v) is 2.54. The minimum absolute atomic E-state index is 0.323. The number of aromatic nitrogens is 2. The Morgan fingerprint density at radius 3 is 2.85 bits per heavy atom. The van der Waals surface area contributed by atoms with Crippen LogP contribution in [-0.2, 0) is 0 Å². The summed E-state index contributed by atoms with van der Waals surface area (Å²) in [6, 6.07) is 5.56. The number of pyridine rings is 1. The Labute approximate surface area is 74.1 Å². The molecule has 2 heterocycles. The van der Waals surface area contributed by atoms with Gasteiger partial charge >= 0.3 is 0 Å². The number of nitrogens with one attached hydrogen (secondary N) is 1. The molecule has 0 radical (unpaired) electrons. The fraction of sp³-hybridized carbons (Fsp3) is 0. The Balaban J connectivity index is 2.83. The molecule has 0 aromatic carbocycles. The lowest BCUT2D eigenvalue weighted by Crippen LogP contribution is -1.81. The largest absolute Gasteiger partial charge is 0.359 e. The Kier molecular flexibility index (Phi) is 1.47. The van der Waals surface area contributed by atoms with Gasteiger partial charge in [0.05, 0.1) is 17.3 Å². The first kappa shape index (κ1) is 7.33. The molecule has 60 valence electrons. The summed E-state index contributed by atoms with van der Waals surface area (Å²) in [5, 5.41) is 18.1. The molecule has 4 nitrogen and oxygen atoms in total. The van der Waals surface area contributed by atoms with Crippen molar-refractivity contribution in [1.82, 2.24) is 9.97 Å². The average Bonchev–Trinajstić information content (AvgIpc) is 2.59. The van der Waals surface area contributed by atoms with Gasteiger partial charge in [-0.05, 0) is 6.07 Å². The van der Waals surface area contributed by atoms with E-state index < -0.39 is 0 Å². The van der Waals surface area contributed by atoms with Gasteiger partial charge in [0.15, 0.2) is 0 Å². The Bertz CT molecular complexity index is 539. The van der Waals surface area contributed by atoms with Gasteiger partial charge < -0.3 is 4.98 Å². The molecule has 2 aromatic rings. The van der Waals surface area contributed by atoms with E-state index in [-0.39, 0.29) is 0 Å². The maximum Gasteiger partial charge on any atom is 0.141 e. The Morgan fingerprint density at radius 2 is 2.15 bits per heavy atom. The Morgan fingerprint density at radius 1 is 1.31 bits per heavy atom. The van der Waals surface area contributed by atoms with Crippen LogP contribution in [0, 0.1) is 22.7 Å². The van der Waals surface area contributed by atoms with Crippen molar-refractivity contribution in [3.63, 3.8) is 0 Å². The van der Waals surface area contributed by atoms with Crippen molar-refractivity contribution < 1.29 is 0 Å². The quantitative estimate of drug-likeness (QED) is 0.644. The van der Waals surface area contributed by atoms with E-state index in [2.05, 4.69) is 9.97 Å². The summed E-state index contributed by atoms with van der Waals surface area (Å²) in [5.74, 6) is 0. The molecule has 0 amide bonds. The van der Waals surface area contributed by atoms with Crippen molar-refractivity contribution in [2.24, 2.45) is 0 Å². The maximum atomic E-state index is 8.71. The van der Waals surface area contributed by atoms with Gasteiger partial charge in [-0.15, -0.1) is 0 Å². The molecule has 0 atom stereocenters. The van der Waals surface area contributed by atoms with Gasteiger partial charge in [-0.1, -0.05) is 0 Å². The molecule has 0 aliphatic rings. The number of fused-ring (bicyclic) bond motifs is 1. The third kappa shape index (κ3) is 1.02. The first-order chi connectivity index (χ1) is 6.35. The van der Waals surface area contributed by atoms with Crippen molar-refractivity contribution in [2.75, 3.05) is 0 Å². The molecule has 4 heteroatoms.